The Morgan fingerprint density at radius 2 is 2.00 bits per heavy atom. The van der Waals surface area contributed by atoms with Crippen molar-refractivity contribution < 1.29 is 4.74 Å². The highest BCUT2D eigenvalue weighted by Gasteiger charge is 2.39. The molecular weight excluding hydrogens is 236 g/mol. The van der Waals surface area contributed by atoms with E-state index >= 15 is 0 Å². The van der Waals surface area contributed by atoms with E-state index in [0.717, 1.165) is 19.6 Å². The van der Waals surface area contributed by atoms with Crippen LogP contribution in [0.5, 0.6) is 0 Å². The van der Waals surface area contributed by atoms with Crippen LogP contribution in [0.1, 0.15) is 60.3 Å². The van der Waals surface area contributed by atoms with Crippen LogP contribution in [0.3, 0.4) is 0 Å². The predicted molar refractivity (Wildman–Crippen MR) is 80.2 cm³/mol. The van der Waals surface area contributed by atoms with Crippen molar-refractivity contribution in [3.63, 3.8) is 0 Å². The van der Waals surface area contributed by atoms with Crippen molar-refractivity contribution in [2.75, 3.05) is 19.7 Å². The van der Waals surface area contributed by atoms with E-state index in [-0.39, 0.29) is 11.1 Å². The van der Waals surface area contributed by atoms with E-state index in [1.54, 1.807) is 0 Å². The lowest BCUT2D eigenvalue weighted by molar-refractivity contribution is -0.141. The Morgan fingerprint density at radius 3 is 2.58 bits per heavy atom. The Hall–Kier alpha value is -0.120. The van der Waals surface area contributed by atoms with Gasteiger partial charge in [-0.2, -0.15) is 0 Å². The number of nitrogens with zero attached hydrogens (tertiary/aromatic N) is 1. The summed E-state index contributed by atoms with van der Waals surface area (Å²) in [6.07, 6.45) is 5.16. The molecule has 2 rings (SSSR count). The summed E-state index contributed by atoms with van der Waals surface area (Å²) in [6.45, 7) is 14.6. The summed E-state index contributed by atoms with van der Waals surface area (Å²) in [5.41, 5.74) is 0.133. The minimum Gasteiger partial charge on any atom is -0.360 e. The second kappa shape index (κ2) is 5.71. The number of hydrogen-bond donors (Lipinski definition) is 1. The molecule has 0 aromatic carbocycles. The van der Waals surface area contributed by atoms with Gasteiger partial charge in [0, 0.05) is 30.5 Å². The third-order valence-electron chi connectivity index (χ3n) is 4.68. The molecule has 19 heavy (non-hydrogen) atoms. The fraction of sp³-hybridized carbons (Fsp3) is 1.00. The van der Waals surface area contributed by atoms with Crippen molar-refractivity contribution >= 4 is 0 Å². The third-order valence-corrected chi connectivity index (χ3v) is 4.68. The molecule has 0 bridgehead atoms. The van der Waals surface area contributed by atoms with Gasteiger partial charge in [0.1, 0.15) is 5.72 Å². The maximum atomic E-state index is 6.17. The van der Waals surface area contributed by atoms with Crippen molar-refractivity contribution in [3.05, 3.63) is 0 Å². The lowest BCUT2D eigenvalue weighted by Gasteiger charge is -2.47. The molecule has 3 nitrogen and oxygen atoms in total. The quantitative estimate of drug-likeness (QED) is 0.851. The molecule has 2 atom stereocenters. The van der Waals surface area contributed by atoms with Gasteiger partial charge in [-0.1, -0.05) is 20.3 Å². The van der Waals surface area contributed by atoms with Crippen LogP contribution >= 0.6 is 0 Å². The van der Waals surface area contributed by atoms with Crippen LogP contribution in [0.15, 0.2) is 0 Å². The molecule has 0 amide bonds. The first-order valence-electron chi connectivity index (χ1n) is 7.96. The molecule has 2 saturated heterocycles. The topological polar surface area (TPSA) is 24.5 Å². The molecule has 3 heteroatoms. The number of nitrogens with one attached hydrogen (secondary N) is 1. The van der Waals surface area contributed by atoms with E-state index in [1.807, 2.05) is 0 Å². The van der Waals surface area contributed by atoms with Gasteiger partial charge in [-0.25, -0.2) is 0 Å². The maximum Gasteiger partial charge on any atom is 0.117 e. The van der Waals surface area contributed by atoms with Crippen LogP contribution in [-0.4, -0.2) is 42.4 Å². The van der Waals surface area contributed by atoms with E-state index in [9.17, 15) is 0 Å². The first-order valence-corrected chi connectivity index (χ1v) is 7.96. The number of likely N-dealkylation sites (tertiary alicyclic amines) is 1. The summed E-state index contributed by atoms with van der Waals surface area (Å²) in [4.78, 5) is 2.67. The molecule has 0 aliphatic carbocycles. The van der Waals surface area contributed by atoms with Gasteiger partial charge in [0.05, 0.1) is 6.61 Å². The van der Waals surface area contributed by atoms with Crippen LogP contribution in [0.2, 0.25) is 0 Å². The first-order chi connectivity index (χ1) is 8.81. The van der Waals surface area contributed by atoms with Crippen molar-refractivity contribution in [2.45, 2.75) is 78.1 Å². The molecular formula is C16H32N2O. The van der Waals surface area contributed by atoms with Gasteiger partial charge in [0.2, 0.25) is 0 Å². The Bertz CT molecular complexity index is 291. The predicted octanol–water partition coefficient (Wildman–Crippen LogP) is 3.00. The number of ether oxygens (including phenoxy) is 1. The van der Waals surface area contributed by atoms with Gasteiger partial charge in [-0.15, -0.1) is 0 Å². The van der Waals surface area contributed by atoms with E-state index in [1.165, 1.54) is 25.8 Å². The molecule has 112 valence electrons. The SMILES string of the molecule is CC(C)N1CCCCC1CC1(C)NCC(C)(C)CO1. The summed E-state index contributed by atoms with van der Waals surface area (Å²) in [7, 11) is 0. The third kappa shape index (κ3) is 3.93. The average molecular weight is 268 g/mol. The zero-order chi connectivity index (χ0) is 14.1. The van der Waals surface area contributed by atoms with Crippen LogP contribution in [0.25, 0.3) is 0 Å². The second-order valence-corrected chi connectivity index (χ2v) is 7.72. The molecule has 2 unspecified atom stereocenters. The van der Waals surface area contributed by atoms with Gasteiger partial charge in [0.25, 0.3) is 0 Å². The van der Waals surface area contributed by atoms with E-state index in [2.05, 4.69) is 44.8 Å². The largest absolute Gasteiger partial charge is 0.360 e. The normalized spacial score (nSPS) is 36.6. The van der Waals surface area contributed by atoms with Crippen molar-refractivity contribution in [2.24, 2.45) is 5.41 Å². The second-order valence-electron chi connectivity index (χ2n) is 7.72. The first kappa shape index (κ1) is 15.3. The Kier molecular flexibility index (Phi) is 4.59. The lowest BCUT2D eigenvalue weighted by Crippen LogP contribution is -2.59. The average Bonchev–Trinajstić information content (AvgIpc) is 2.34. The molecule has 2 aliphatic rings. The maximum absolute atomic E-state index is 6.17. The summed E-state index contributed by atoms with van der Waals surface area (Å²) in [5.74, 6) is 0. The summed E-state index contributed by atoms with van der Waals surface area (Å²) in [6, 6.07) is 1.32. The zero-order valence-electron chi connectivity index (χ0n) is 13.5. The minimum absolute atomic E-state index is 0.134. The van der Waals surface area contributed by atoms with Crippen LogP contribution in [0, 0.1) is 5.41 Å². The molecule has 2 aliphatic heterocycles. The van der Waals surface area contributed by atoms with Gasteiger partial charge in [-0.3, -0.25) is 10.2 Å². The van der Waals surface area contributed by atoms with Crippen LogP contribution in [-0.2, 0) is 4.74 Å². The minimum atomic E-state index is -0.134. The Morgan fingerprint density at radius 1 is 1.26 bits per heavy atom. The van der Waals surface area contributed by atoms with Gasteiger partial charge >= 0.3 is 0 Å². The van der Waals surface area contributed by atoms with E-state index < -0.39 is 0 Å². The van der Waals surface area contributed by atoms with Gasteiger partial charge in [-0.05, 0) is 40.2 Å². The van der Waals surface area contributed by atoms with E-state index in [0.29, 0.717) is 12.1 Å². The van der Waals surface area contributed by atoms with E-state index in [4.69, 9.17) is 4.74 Å². The standard InChI is InChI=1S/C16H32N2O/c1-13(2)18-9-7-6-8-14(18)10-16(5)17-11-15(3,4)12-19-16/h13-14,17H,6-12H2,1-5H3. The van der Waals surface area contributed by atoms with Crippen molar-refractivity contribution in [1.29, 1.82) is 0 Å². The number of hydrogen-bond acceptors (Lipinski definition) is 3. The van der Waals surface area contributed by atoms with Crippen LogP contribution in [0.4, 0.5) is 0 Å². The van der Waals surface area contributed by atoms with Crippen molar-refractivity contribution in [1.82, 2.24) is 10.2 Å². The number of rotatable bonds is 3. The molecule has 1 N–H and O–H groups in total. The molecule has 0 aromatic rings. The molecule has 2 heterocycles. The van der Waals surface area contributed by atoms with Gasteiger partial charge < -0.3 is 4.74 Å². The fourth-order valence-electron chi connectivity index (χ4n) is 3.39. The highest BCUT2D eigenvalue weighted by Crippen LogP contribution is 2.31. The van der Waals surface area contributed by atoms with Gasteiger partial charge in [0.15, 0.2) is 0 Å². The molecule has 2 fully saturated rings. The molecule has 0 saturated carbocycles. The molecule has 0 aromatic heterocycles. The van der Waals surface area contributed by atoms with Crippen LogP contribution < -0.4 is 5.32 Å². The lowest BCUT2D eigenvalue weighted by atomic mass is 9.88. The summed E-state index contributed by atoms with van der Waals surface area (Å²) in [5, 5.41) is 3.64. The summed E-state index contributed by atoms with van der Waals surface area (Å²) >= 11 is 0. The molecule has 0 spiro atoms. The number of piperidine rings is 1. The smallest absolute Gasteiger partial charge is 0.117 e. The Labute approximate surface area is 119 Å². The highest BCUT2D eigenvalue weighted by atomic mass is 16.5. The fourth-order valence-corrected chi connectivity index (χ4v) is 3.39. The highest BCUT2D eigenvalue weighted by molar-refractivity contribution is 4.90. The summed E-state index contributed by atoms with van der Waals surface area (Å²) < 4.78 is 6.17. The Balaban J connectivity index is 1.95. The zero-order valence-corrected chi connectivity index (χ0v) is 13.5. The van der Waals surface area contributed by atoms with Crippen molar-refractivity contribution in [3.8, 4) is 0 Å². The monoisotopic (exact) mass is 268 g/mol. The molecule has 0 radical (unpaired) electrons.